The Morgan fingerprint density at radius 2 is 1.63 bits per heavy atom. The quantitative estimate of drug-likeness (QED) is 0.768. The number of morpholine rings is 2. The standard InChI is InChI=1S/C23H24N2O5/c26-21(24-11-13-28-14-12-24)19-20-22(27)25(15-17-7-3-1-4-8-17)16-23(29-19,30-20)18-9-5-2-6-10-18/h1-10,19-20H,11-16H2/t19-,20-,23+/m1/s1. The van der Waals surface area contributed by atoms with Crippen molar-refractivity contribution in [3.8, 4) is 0 Å². The minimum Gasteiger partial charge on any atom is -0.378 e. The van der Waals surface area contributed by atoms with Crippen molar-refractivity contribution >= 4 is 11.8 Å². The van der Waals surface area contributed by atoms with Gasteiger partial charge in [0.05, 0.1) is 19.8 Å². The van der Waals surface area contributed by atoms with Crippen molar-refractivity contribution in [2.24, 2.45) is 0 Å². The van der Waals surface area contributed by atoms with E-state index < -0.39 is 18.0 Å². The molecule has 0 aromatic heterocycles. The third kappa shape index (κ3) is 3.39. The summed E-state index contributed by atoms with van der Waals surface area (Å²) in [6, 6.07) is 19.4. The van der Waals surface area contributed by atoms with Crippen LogP contribution in [0.3, 0.4) is 0 Å². The fourth-order valence-corrected chi connectivity index (χ4v) is 4.33. The van der Waals surface area contributed by atoms with Gasteiger partial charge < -0.3 is 24.0 Å². The number of hydrogen-bond acceptors (Lipinski definition) is 5. The molecule has 0 saturated carbocycles. The van der Waals surface area contributed by atoms with Gasteiger partial charge in [-0.1, -0.05) is 60.7 Å². The average molecular weight is 408 g/mol. The summed E-state index contributed by atoms with van der Waals surface area (Å²) in [6.45, 7) is 2.63. The summed E-state index contributed by atoms with van der Waals surface area (Å²) < 4.78 is 17.8. The summed E-state index contributed by atoms with van der Waals surface area (Å²) in [4.78, 5) is 29.9. The van der Waals surface area contributed by atoms with Crippen LogP contribution in [0, 0.1) is 0 Å². The number of carbonyl (C=O) groups is 2. The highest BCUT2D eigenvalue weighted by Gasteiger charge is 2.60. The van der Waals surface area contributed by atoms with Gasteiger partial charge in [-0.25, -0.2) is 0 Å². The van der Waals surface area contributed by atoms with E-state index in [1.807, 2.05) is 60.7 Å². The van der Waals surface area contributed by atoms with Gasteiger partial charge in [-0.15, -0.1) is 0 Å². The number of hydrogen-bond donors (Lipinski definition) is 0. The van der Waals surface area contributed by atoms with Crippen molar-refractivity contribution in [1.82, 2.24) is 9.80 Å². The highest BCUT2D eigenvalue weighted by Crippen LogP contribution is 2.43. The molecule has 0 aliphatic carbocycles. The maximum atomic E-state index is 13.3. The van der Waals surface area contributed by atoms with Gasteiger partial charge in [0.2, 0.25) is 5.79 Å². The van der Waals surface area contributed by atoms with Gasteiger partial charge in [0.25, 0.3) is 11.8 Å². The van der Waals surface area contributed by atoms with Crippen molar-refractivity contribution in [2.75, 3.05) is 32.8 Å². The summed E-state index contributed by atoms with van der Waals surface area (Å²) in [5, 5.41) is 0. The molecule has 2 aromatic carbocycles. The van der Waals surface area contributed by atoms with E-state index in [2.05, 4.69) is 0 Å². The maximum Gasteiger partial charge on any atom is 0.255 e. The van der Waals surface area contributed by atoms with Crippen LogP contribution in [-0.2, 0) is 36.1 Å². The van der Waals surface area contributed by atoms with E-state index in [0.717, 1.165) is 11.1 Å². The molecule has 0 radical (unpaired) electrons. The summed E-state index contributed by atoms with van der Waals surface area (Å²) in [7, 11) is 0. The van der Waals surface area contributed by atoms with Gasteiger partial charge in [0, 0.05) is 25.2 Å². The molecular weight excluding hydrogens is 384 g/mol. The largest absolute Gasteiger partial charge is 0.378 e. The third-order valence-corrected chi connectivity index (χ3v) is 5.86. The van der Waals surface area contributed by atoms with Crippen molar-refractivity contribution in [3.63, 3.8) is 0 Å². The Morgan fingerprint density at radius 1 is 0.967 bits per heavy atom. The van der Waals surface area contributed by atoms with E-state index in [1.165, 1.54) is 0 Å². The lowest BCUT2D eigenvalue weighted by molar-refractivity contribution is -0.219. The zero-order valence-corrected chi connectivity index (χ0v) is 16.6. The predicted molar refractivity (Wildman–Crippen MR) is 107 cm³/mol. The zero-order chi connectivity index (χ0) is 20.6. The highest BCUT2D eigenvalue weighted by molar-refractivity contribution is 5.92. The summed E-state index contributed by atoms with van der Waals surface area (Å²) in [6.07, 6.45) is -1.92. The molecule has 3 fully saturated rings. The first-order chi connectivity index (χ1) is 14.7. The molecule has 0 spiro atoms. The van der Waals surface area contributed by atoms with Crippen LogP contribution in [0.5, 0.6) is 0 Å². The van der Waals surface area contributed by atoms with Gasteiger partial charge in [-0.2, -0.15) is 0 Å². The van der Waals surface area contributed by atoms with E-state index in [-0.39, 0.29) is 18.4 Å². The number of amides is 2. The molecule has 0 N–H and O–H groups in total. The molecule has 5 rings (SSSR count). The Balaban J connectivity index is 1.47. The lowest BCUT2D eigenvalue weighted by atomic mass is 10.0. The maximum absolute atomic E-state index is 13.3. The molecule has 2 amide bonds. The van der Waals surface area contributed by atoms with Gasteiger partial charge in [-0.3, -0.25) is 9.59 Å². The molecule has 30 heavy (non-hydrogen) atoms. The molecule has 3 aliphatic heterocycles. The summed E-state index contributed by atoms with van der Waals surface area (Å²) >= 11 is 0. The molecule has 3 saturated heterocycles. The first kappa shape index (κ1) is 19.2. The molecule has 7 heteroatoms. The average Bonchev–Trinajstić information content (AvgIpc) is 3.15. The first-order valence-electron chi connectivity index (χ1n) is 10.3. The van der Waals surface area contributed by atoms with Gasteiger partial charge in [0.1, 0.15) is 0 Å². The van der Waals surface area contributed by atoms with E-state index in [9.17, 15) is 9.59 Å². The first-order valence-corrected chi connectivity index (χ1v) is 10.3. The Hall–Kier alpha value is -2.74. The van der Waals surface area contributed by atoms with Crippen LogP contribution in [-0.4, -0.2) is 66.7 Å². The van der Waals surface area contributed by atoms with Crippen molar-refractivity contribution in [3.05, 3.63) is 71.8 Å². The molecule has 7 nitrogen and oxygen atoms in total. The molecule has 3 heterocycles. The second kappa shape index (κ2) is 7.83. The lowest BCUT2D eigenvalue weighted by Gasteiger charge is -2.38. The van der Waals surface area contributed by atoms with E-state index in [4.69, 9.17) is 14.2 Å². The SMILES string of the molecule is O=C([C@@H]1O[C@@]2(c3ccccc3)CN(Cc3ccccc3)C(=O)[C@@H]1O2)N1CCOCC1. The summed E-state index contributed by atoms with van der Waals surface area (Å²) in [5.74, 6) is -1.58. The zero-order valence-electron chi connectivity index (χ0n) is 16.6. The normalized spacial score (nSPS) is 28.6. The second-order valence-electron chi connectivity index (χ2n) is 7.81. The Bertz CT molecular complexity index is 916. The van der Waals surface area contributed by atoms with Crippen molar-refractivity contribution in [2.45, 2.75) is 24.5 Å². The number of rotatable bonds is 4. The number of fused-ring (bicyclic) bond motifs is 2. The fourth-order valence-electron chi connectivity index (χ4n) is 4.33. The van der Waals surface area contributed by atoms with E-state index >= 15 is 0 Å². The van der Waals surface area contributed by atoms with Gasteiger partial charge in [-0.05, 0) is 5.56 Å². The monoisotopic (exact) mass is 408 g/mol. The molecule has 3 aliphatic rings. The van der Waals surface area contributed by atoms with Gasteiger partial charge in [0.15, 0.2) is 12.2 Å². The topological polar surface area (TPSA) is 68.3 Å². The number of ether oxygens (including phenoxy) is 3. The van der Waals surface area contributed by atoms with Crippen LogP contribution in [0.15, 0.2) is 60.7 Å². The summed E-state index contributed by atoms with van der Waals surface area (Å²) in [5.41, 5.74) is 1.82. The van der Waals surface area contributed by atoms with Crippen LogP contribution in [0.2, 0.25) is 0 Å². The van der Waals surface area contributed by atoms with Crippen LogP contribution in [0.1, 0.15) is 11.1 Å². The van der Waals surface area contributed by atoms with Crippen LogP contribution in [0.25, 0.3) is 0 Å². The molecule has 2 aromatic rings. The fraction of sp³-hybridized carbons (Fsp3) is 0.391. The number of nitrogens with zero attached hydrogens (tertiary/aromatic N) is 2. The highest BCUT2D eigenvalue weighted by atomic mass is 16.8. The minimum absolute atomic E-state index is 0.212. The predicted octanol–water partition coefficient (Wildman–Crippen LogP) is 1.52. The number of benzene rings is 2. The smallest absolute Gasteiger partial charge is 0.255 e. The van der Waals surface area contributed by atoms with Crippen LogP contribution >= 0.6 is 0 Å². The minimum atomic E-state index is -1.15. The van der Waals surface area contributed by atoms with Crippen molar-refractivity contribution < 1.29 is 23.8 Å². The molecule has 3 atom stereocenters. The molecule has 2 bridgehead atoms. The van der Waals surface area contributed by atoms with Crippen molar-refractivity contribution in [1.29, 1.82) is 0 Å². The Kier molecular flexibility index (Phi) is 5.02. The van der Waals surface area contributed by atoms with Gasteiger partial charge >= 0.3 is 0 Å². The second-order valence-corrected chi connectivity index (χ2v) is 7.81. The Morgan fingerprint density at radius 3 is 2.33 bits per heavy atom. The lowest BCUT2D eigenvalue weighted by Crippen LogP contribution is -2.54. The van der Waals surface area contributed by atoms with Crippen LogP contribution in [0.4, 0.5) is 0 Å². The van der Waals surface area contributed by atoms with Crippen LogP contribution < -0.4 is 0 Å². The van der Waals surface area contributed by atoms with E-state index in [1.54, 1.807) is 9.80 Å². The number of carbonyl (C=O) groups excluding carboxylic acids is 2. The molecule has 0 unspecified atom stereocenters. The Labute approximate surface area is 175 Å². The molecule has 156 valence electrons. The third-order valence-electron chi connectivity index (χ3n) is 5.86. The van der Waals surface area contributed by atoms with E-state index in [0.29, 0.717) is 32.8 Å². The molecular formula is C23H24N2O5.